The van der Waals surface area contributed by atoms with Gasteiger partial charge in [-0.05, 0) is 24.8 Å². The van der Waals surface area contributed by atoms with Crippen LogP contribution in [0.15, 0.2) is 23.0 Å². The Labute approximate surface area is 66.4 Å². The minimum Gasteiger partial charge on any atom is -0.472 e. The summed E-state index contributed by atoms with van der Waals surface area (Å²) >= 11 is 0. The fraction of sp³-hybridized carbons (Fsp3) is 0.556. The number of hydrogen-bond donors (Lipinski definition) is 1. The highest BCUT2D eigenvalue weighted by Gasteiger charge is 2.25. The first kappa shape index (κ1) is 6.92. The van der Waals surface area contributed by atoms with Crippen molar-refractivity contribution < 1.29 is 4.42 Å². The number of furan rings is 1. The summed E-state index contributed by atoms with van der Waals surface area (Å²) < 4.78 is 4.97. The molecule has 0 radical (unpaired) electrons. The van der Waals surface area contributed by atoms with Crippen molar-refractivity contribution >= 4 is 0 Å². The zero-order valence-electron chi connectivity index (χ0n) is 6.49. The minimum atomic E-state index is 0.211. The smallest absolute Gasteiger partial charge is 0.0950 e. The van der Waals surface area contributed by atoms with E-state index in [2.05, 4.69) is 0 Å². The zero-order valence-corrected chi connectivity index (χ0v) is 6.49. The van der Waals surface area contributed by atoms with Crippen molar-refractivity contribution in [2.45, 2.75) is 25.3 Å². The second-order valence-corrected chi connectivity index (χ2v) is 3.27. The minimum absolute atomic E-state index is 0.211. The average Bonchev–Trinajstić information content (AvgIpc) is 2.32. The number of nitrogens with two attached hydrogens (primary N) is 1. The molecule has 1 fully saturated rings. The lowest BCUT2D eigenvalue weighted by molar-refractivity contribution is 0.263. The Balaban J connectivity index is 2.04. The maximum absolute atomic E-state index is 5.98. The van der Waals surface area contributed by atoms with Gasteiger partial charge in [-0.2, -0.15) is 0 Å². The van der Waals surface area contributed by atoms with E-state index in [1.807, 2.05) is 6.07 Å². The summed E-state index contributed by atoms with van der Waals surface area (Å²) in [5.74, 6) is 0.701. The summed E-state index contributed by atoms with van der Waals surface area (Å²) in [6.45, 7) is 0. The molecule has 11 heavy (non-hydrogen) atoms. The predicted octanol–water partition coefficient (Wildman–Crippen LogP) is 2.08. The Morgan fingerprint density at radius 2 is 2.36 bits per heavy atom. The van der Waals surface area contributed by atoms with Crippen molar-refractivity contribution in [3.63, 3.8) is 0 Å². The standard InChI is InChI=1S/C9H13NO/c10-9(7-2-1-3-7)8-4-5-11-6-8/h4-7,9H,1-3,10H2/t9-/m1/s1. The first-order valence-electron chi connectivity index (χ1n) is 4.15. The first-order valence-corrected chi connectivity index (χ1v) is 4.15. The molecule has 2 heteroatoms. The van der Waals surface area contributed by atoms with Crippen LogP contribution in [0.25, 0.3) is 0 Å². The van der Waals surface area contributed by atoms with E-state index in [-0.39, 0.29) is 6.04 Å². The van der Waals surface area contributed by atoms with Crippen LogP contribution in [0.3, 0.4) is 0 Å². The van der Waals surface area contributed by atoms with Gasteiger partial charge in [0.2, 0.25) is 0 Å². The van der Waals surface area contributed by atoms with Crippen LogP contribution in [-0.2, 0) is 0 Å². The van der Waals surface area contributed by atoms with Gasteiger partial charge in [-0.25, -0.2) is 0 Å². The van der Waals surface area contributed by atoms with Crippen molar-refractivity contribution in [1.82, 2.24) is 0 Å². The fourth-order valence-electron chi connectivity index (χ4n) is 1.54. The van der Waals surface area contributed by atoms with Crippen LogP contribution < -0.4 is 5.73 Å². The van der Waals surface area contributed by atoms with E-state index in [1.54, 1.807) is 12.5 Å². The van der Waals surface area contributed by atoms with E-state index >= 15 is 0 Å². The lowest BCUT2D eigenvalue weighted by Crippen LogP contribution is -2.26. The molecule has 1 saturated carbocycles. The normalized spacial score (nSPS) is 21.2. The van der Waals surface area contributed by atoms with Gasteiger partial charge in [0, 0.05) is 11.6 Å². The van der Waals surface area contributed by atoms with E-state index in [4.69, 9.17) is 10.2 Å². The van der Waals surface area contributed by atoms with Crippen molar-refractivity contribution in [3.8, 4) is 0 Å². The van der Waals surface area contributed by atoms with Crippen LogP contribution in [0.4, 0.5) is 0 Å². The quantitative estimate of drug-likeness (QED) is 0.702. The van der Waals surface area contributed by atoms with Gasteiger partial charge in [0.15, 0.2) is 0 Å². The molecule has 2 N–H and O–H groups in total. The van der Waals surface area contributed by atoms with Crippen molar-refractivity contribution in [3.05, 3.63) is 24.2 Å². The molecule has 60 valence electrons. The van der Waals surface area contributed by atoms with Gasteiger partial charge in [0.05, 0.1) is 12.5 Å². The van der Waals surface area contributed by atoms with E-state index in [0.717, 1.165) is 5.56 Å². The van der Waals surface area contributed by atoms with Gasteiger partial charge in [-0.1, -0.05) is 6.42 Å². The predicted molar refractivity (Wildman–Crippen MR) is 43.0 cm³/mol. The van der Waals surface area contributed by atoms with Crippen LogP contribution in [0.2, 0.25) is 0 Å². The third-order valence-corrected chi connectivity index (χ3v) is 2.59. The average molecular weight is 151 g/mol. The van der Waals surface area contributed by atoms with E-state index in [1.165, 1.54) is 19.3 Å². The Bertz CT molecular complexity index is 213. The second kappa shape index (κ2) is 2.70. The molecule has 2 nitrogen and oxygen atoms in total. The molecule has 0 saturated heterocycles. The summed E-state index contributed by atoms with van der Waals surface area (Å²) in [5.41, 5.74) is 7.13. The van der Waals surface area contributed by atoms with Crippen LogP contribution in [0, 0.1) is 5.92 Å². The molecular weight excluding hydrogens is 138 g/mol. The Morgan fingerprint density at radius 1 is 1.55 bits per heavy atom. The SMILES string of the molecule is N[C@@H](c1ccoc1)C1CCC1. The highest BCUT2D eigenvalue weighted by atomic mass is 16.3. The van der Waals surface area contributed by atoms with Crippen molar-refractivity contribution in [2.24, 2.45) is 11.7 Å². The van der Waals surface area contributed by atoms with Gasteiger partial charge < -0.3 is 10.2 Å². The molecule has 0 amide bonds. The van der Waals surface area contributed by atoms with Crippen LogP contribution in [0.5, 0.6) is 0 Å². The Morgan fingerprint density at radius 3 is 2.82 bits per heavy atom. The highest BCUT2D eigenvalue weighted by Crippen LogP contribution is 2.35. The summed E-state index contributed by atoms with van der Waals surface area (Å²) in [5, 5.41) is 0. The summed E-state index contributed by atoms with van der Waals surface area (Å²) in [4.78, 5) is 0. The molecule has 0 bridgehead atoms. The van der Waals surface area contributed by atoms with Crippen molar-refractivity contribution in [1.29, 1.82) is 0 Å². The molecule has 0 unspecified atom stereocenters. The molecule has 0 spiro atoms. The molecule has 2 rings (SSSR count). The summed E-state index contributed by atoms with van der Waals surface area (Å²) in [6, 6.07) is 2.17. The molecule has 1 aromatic rings. The summed E-state index contributed by atoms with van der Waals surface area (Å²) in [6.07, 6.45) is 7.35. The van der Waals surface area contributed by atoms with E-state index in [9.17, 15) is 0 Å². The molecule has 0 aromatic carbocycles. The first-order chi connectivity index (χ1) is 5.38. The maximum atomic E-state index is 5.98. The summed E-state index contributed by atoms with van der Waals surface area (Å²) in [7, 11) is 0. The molecule has 0 aliphatic heterocycles. The van der Waals surface area contributed by atoms with Gasteiger partial charge >= 0.3 is 0 Å². The Kier molecular flexibility index (Phi) is 1.70. The van der Waals surface area contributed by atoms with Crippen LogP contribution >= 0.6 is 0 Å². The second-order valence-electron chi connectivity index (χ2n) is 3.27. The van der Waals surface area contributed by atoms with Gasteiger partial charge in [0.25, 0.3) is 0 Å². The van der Waals surface area contributed by atoms with Crippen LogP contribution in [-0.4, -0.2) is 0 Å². The monoisotopic (exact) mass is 151 g/mol. The topological polar surface area (TPSA) is 39.2 Å². The fourth-order valence-corrected chi connectivity index (χ4v) is 1.54. The zero-order chi connectivity index (χ0) is 7.68. The lowest BCUT2D eigenvalue weighted by Gasteiger charge is -2.30. The molecule has 1 aromatic heterocycles. The van der Waals surface area contributed by atoms with Crippen LogP contribution in [0.1, 0.15) is 30.9 Å². The van der Waals surface area contributed by atoms with Gasteiger partial charge in [-0.15, -0.1) is 0 Å². The number of rotatable bonds is 2. The number of hydrogen-bond acceptors (Lipinski definition) is 2. The van der Waals surface area contributed by atoms with E-state index < -0.39 is 0 Å². The molecular formula is C9H13NO. The largest absolute Gasteiger partial charge is 0.472 e. The third-order valence-electron chi connectivity index (χ3n) is 2.59. The maximum Gasteiger partial charge on any atom is 0.0950 e. The molecule has 1 aliphatic rings. The molecule has 1 atom stereocenters. The molecule has 1 heterocycles. The van der Waals surface area contributed by atoms with Gasteiger partial charge in [0.1, 0.15) is 0 Å². The third kappa shape index (κ3) is 1.18. The molecule has 1 aliphatic carbocycles. The highest BCUT2D eigenvalue weighted by molar-refractivity contribution is 5.12. The lowest BCUT2D eigenvalue weighted by atomic mass is 9.78. The van der Waals surface area contributed by atoms with Crippen molar-refractivity contribution in [2.75, 3.05) is 0 Å². The van der Waals surface area contributed by atoms with Gasteiger partial charge in [-0.3, -0.25) is 0 Å². The Hall–Kier alpha value is -0.760. The van der Waals surface area contributed by atoms with E-state index in [0.29, 0.717) is 5.92 Å².